The molecule has 2 aliphatic rings. The van der Waals surface area contributed by atoms with E-state index in [1.165, 1.54) is 44.1 Å². The van der Waals surface area contributed by atoms with E-state index < -0.39 is 0 Å². The average Bonchev–Trinajstić information content (AvgIpc) is 2.39. The number of hydrogen-bond donors (Lipinski definition) is 0. The van der Waals surface area contributed by atoms with Gasteiger partial charge in [0.25, 0.3) is 0 Å². The lowest BCUT2D eigenvalue weighted by Crippen LogP contribution is -2.33. The van der Waals surface area contributed by atoms with E-state index >= 15 is 0 Å². The second-order valence-corrected chi connectivity index (χ2v) is 6.68. The third-order valence-corrected chi connectivity index (χ3v) is 4.67. The van der Waals surface area contributed by atoms with E-state index in [1.807, 2.05) is 0 Å². The van der Waals surface area contributed by atoms with Crippen LogP contribution in [-0.2, 0) is 4.74 Å². The zero-order valence-electron chi connectivity index (χ0n) is 12.7. The molecular weight excluding hydrogens is 232 g/mol. The van der Waals surface area contributed by atoms with Gasteiger partial charge in [-0.3, -0.25) is 0 Å². The van der Waals surface area contributed by atoms with Crippen LogP contribution in [0.25, 0.3) is 0 Å². The normalized spacial score (nSPS) is 31.4. The maximum atomic E-state index is 5.93. The first kappa shape index (κ1) is 14.5. The fourth-order valence-corrected chi connectivity index (χ4v) is 3.37. The molecule has 0 radical (unpaired) electrons. The van der Waals surface area contributed by atoms with E-state index in [4.69, 9.17) is 4.74 Å². The number of ether oxygens (including phenoxy) is 1. The summed E-state index contributed by atoms with van der Waals surface area (Å²) in [7, 11) is 0. The molecule has 0 aliphatic heterocycles. The minimum Gasteiger partial charge on any atom is -0.443 e. The van der Waals surface area contributed by atoms with Crippen molar-refractivity contribution in [2.75, 3.05) is 0 Å². The van der Waals surface area contributed by atoms with Crippen LogP contribution in [0.5, 0.6) is 0 Å². The summed E-state index contributed by atoms with van der Waals surface area (Å²) < 4.78 is 5.93. The Balaban J connectivity index is 1.91. The second kappa shape index (κ2) is 7.04. The van der Waals surface area contributed by atoms with Crippen LogP contribution in [-0.4, -0.2) is 6.10 Å². The molecule has 1 fully saturated rings. The summed E-state index contributed by atoms with van der Waals surface area (Å²) >= 11 is 0. The van der Waals surface area contributed by atoms with Gasteiger partial charge in [-0.05, 0) is 62.2 Å². The van der Waals surface area contributed by atoms with Gasteiger partial charge in [-0.1, -0.05) is 33.3 Å². The van der Waals surface area contributed by atoms with Crippen LogP contribution in [0.1, 0.15) is 65.7 Å². The molecule has 19 heavy (non-hydrogen) atoms. The second-order valence-electron chi connectivity index (χ2n) is 6.68. The summed E-state index contributed by atoms with van der Waals surface area (Å²) in [4.78, 5) is 0. The van der Waals surface area contributed by atoms with Gasteiger partial charge in [0.2, 0.25) is 0 Å². The Morgan fingerprint density at radius 2 is 2.11 bits per heavy atom. The summed E-state index contributed by atoms with van der Waals surface area (Å²) in [5.74, 6) is 5.41. The van der Waals surface area contributed by atoms with E-state index in [-0.39, 0.29) is 0 Å². The molecule has 1 nitrogen and oxygen atoms in total. The third-order valence-electron chi connectivity index (χ3n) is 4.67. The highest BCUT2D eigenvalue weighted by atomic mass is 16.5. The molecule has 106 valence electrons. The molecule has 0 aromatic carbocycles. The van der Waals surface area contributed by atoms with Crippen molar-refractivity contribution in [3.05, 3.63) is 11.6 Å². The van der Waals surface area contributed by atoms with Gasteiger partial charge in [0.1, 0.15) is 12.2 Å². The maximum Gasteiger partial charge on any atom is 0.115 e. The van der Waals surface area contributed by atoms with Crippen LogP contribution >= 0.6 is 0 Å². The molecule has 0 bridgehead atoms. The summed E-state index contributed by atoms with van der Waals surface area (Å²) in [6.07, 6.45) is 14.4. The third kappa shape index (κ3) is 4.30. The van der Waals surface area contributed by atoms with Gasteiger partial charge in [0.05, 0.1) is 0 Å². The van der Waals surface area contributed by atoms with Crippen molar-refractivity contribution in [2.45, 2.75) is 71.8 Å². The highest BCUT2D eigenvalue weighted by Crippen LogP contribution is 2.35. The molecular formula is C18H28O. The van der Waals surface area contributed by atoms with Crippen LogP contribution < -0.4 is 0 Å². The van der Waals surface area contributed by atoms with E-state index in [9.17, 15) is 0 Å². The number of allylic oxidation sites excluding steroid dienone is 2. The Labute approximate surface area is 118 Å². The van der Waals surface area contributed by atoms with Crippen molar-refractivity contribution in [1.82, 2.24) is 0 Å². The number of hydrogen-bond acceptors (Lipinski definition) is 1. The van der Waals surface area contributed by atoms with Gasteiger partial charge in [-0.2, -0.15) is 0 Å². The zero-order chi connectivity index (χ0) is 13.7. The van der Waals surface area contributed by atoms with Crippen LogP contribution in [0.4, 0.5) is 0 Å². The Morgan fingerprint density at radius 1 is 1.26 bits per heavy atom. The smallest absolute Gasteiger partial charge is 0.115 e. The SMILES string of the molecule is CC(C)[C@@H]1CC[C@@H](C)C[C@H]1OC#CC1=CCCCC1. The molecule has 3 atom stereocenters. The Morgan fingerprint density at radius 3 is 2.79 bits per heavy atom. The van der Waals surface area contributed by atoms with Gasteiger partial charge in [0.15, 0.2) is 0 Å². The molecule has 0 aromatic rings. The van der Waals surface area contributed by atoms with Gasteiger partial charge >= 0.3 is 0 Å². The van der Waals surface area contributed by atoms with Gasteiger partial charge in [0, 0.05) is 5.57 Å². The fraction of sp³-hybridized carbons (Fsp3) is 0.778. The molecule has 0 unspecified atom stereocenters. The van der Waals surface area contributed by atoms with Crippen molar-refractivity contribution in [2.24, 2.45) is 17.8 Å². The van der Waals surface area contributed by atoms with Crippen molar-refractivity contribution in [3.8, 4) is 12.0 Å². The van der Waals surface area contributed by atoms with Gasteiger partial charge in [-0.15, -0.1) is 0 Å². The van der Waals surface area contributed by atoms with E-state index in [0.717, 1.165) is 12.3 Å². The van der Waals surface area contributed by atoms with E-state index in [0.29, 0.717) is 17.9 Å². The van der Waals surface area contributed by atoms with Gasteiger partial charge in [-0.25, -0.2) is 0 Å². The lowest BCUT2D eigenvalue weighted by atomic mass is 9.75. The van der Waals surface area contributed by atoms with Crippen LogP contribution in [0.15, 0.2) is 11.6 Å². The van der Waals surface area contributed by atoms with Crippen molar-refractivity contribution < 1.29 is 4.74 Å². The summed E-state index contributed by atoms with van der Waals surface area (Å²) in [6.45, 7) is 6.96. The molecule has 2 rings (SSSR count). The molecule has 0 N–H and O–H groups in total. The average molecular weight is 260 g/mol. The topological polar surface area (TPSA) is 9.23 Å². The summed E-state index contributed by atoms with van der Waals surface area (Å²) in [5, 5.41) is 0. The molecule has 0 amide bonds. The minimum absolute atomic E-state index is 0.348. The molecule has 2 aliphatic carbocycles. The fourth-order valence-electron chi connectivity index (χ4n) is 3.37. The quantitative estimate of drug-likeness (QED) is 0.640. The molecule has 1 heteroatoms. The molecule has 1 saturated carbocycles. The molecule has 0 spiro atoms. The Hall–Kier alpha value is -0.900. The molecule has 0 aromatic heterocycles. The van der Waals surface area contributed by atoms with Crippen LogP contribution in [0, 0.1) is 29.8 Å². The van der Waals surface area contributed by atoms with Gasteiger partial charge < -0.3 is 4.74 Å². The summed E-state index contributed by atoms with van der Waals surface area (Å²) in [6, 6.07) is 0. The highest BCUT2D eigenvalue weighted by Gasteiger charge is 2.31. The molecule has 0 heterocycles. The first-order valence-electron chi connectivity index (χ1n) is 8.02. The van der Waals surface area contributed by atoms with E-state index in [1.54, 1.807) is 0 Å². The number of rotatable bonds is 2. The van der Waals surface area contributed by atoms with Crippen LogP contribution in [0.2, 0.25) is 0 Å². The Kier molecular flexibility index (Phi) is 5.37. The first-order chi connectivity index (χ1) is 9.16. The first-order valence-corrected chi connectivity index (χ1v) is 8.02. The van der Waals surface area contributed by atoms with Crippen molar-refractivity contribution >= 4 is 0 Å². The van der Waals surface area contributed by atoms with E-state index in [2.05, 4.69) is 38.9 Å². The summed E-state index contributed by atoms with van der Waals surface area (Å²) in [5.41, 5.74) is 1.29. The highest BCUT2D eigenvalue weighted by molar-refractivity contribution is 5.28. The Bertz CT molecular complexity index is 369. The zero-order valence-corrected chi connectivity index (χ0v) is 12.7. The monoisotopic (exact) mass is 260 g/mol. The maximum absolute atomic E-state index is 5.93. The minimum atomic E-state index is 0.348. The van der Waals surface area contributed by atoms with Crippen molar-refractivity contribution in [3.63, 3.8) is 0 Å². The van der Waals surface area contributed by atoms with Crippen molar-refractivity contribution in [1.29, 1.82) is 0 Å². The lowest BCUT2D eigenvalue weighted by molar-refractivity contribution is 0.0252. The standard InChI is InChI=1S/C18H28O/c1-14(2)17-10-9-15(3)13-18(17)19-12-11-16-7-5-4-6-8-16/h7,14-15,17-18H,4-6,8-10,13H2,1-3H3/t15-,17+,18-/m1/s1. The largest absolute Gasteiger partial charge is 0.443 e. The molecule has 0 saturated heterocycles. The van der Waals surface area contributed by atoms with Crippen LogP contribution in [0.3, 0.4) is 0 Å². The lowest BCUT2D eigenvalue weighted by Gasteiger charge is -2.35. The predicted octanol–water partition coefficient (Wildman–Crippen LogP) is 4.93. The predicted molar refractivity (Wildman–Crippen MR) is 80.5 cm³/mol.